The lowest BCUT2D eigenvalue weighted by molar-refractivity contribution is 0.0982. The van der Waals surface area contributed by atoms with Gasteiger partial charge in [0.25, 0.3) is 0 Å². The van der Waals surface area contributed by atoms with Crippen LogP contribution in [0, 0.1) is 0 Å². The van der Waals surface area contributed by atoms with Crippen molar-refractivity contribution in [1.29, 1.82) is 0 Å². The molecule has 2 rings (SSSR count). The van der Waals surface area contributed by atoms with Gasteiger partial charge in [-0.05, 0) is 12.5 Å². The molecule has 2 nitrogen and oxygen atoms in total. The molecule has 1 aromatic carbocycles. The van der Waals surface area contributed by atoms with E-state index in [0.717, 1.165) is 0 Å². The maximum absolute atomic E-state index is 11.9. The molecule has 0 fully saturated rings. The number of allylic oxidation sites excluding steroid dienone is 2. The molecule has 0 bridgehead atoms. The lowest BCUT2D eigenvalue weighted by atomic mass is 9.88. The quantitative estimate of drug-likeness (QED) is 0.718. The standard InChI is InChI=1S/C12H9ClO2/c13-6-5-8-7-11(14)9-3-1-2-4-10(9)12(8)15/h1-4,7H,5-6H2. The Kier molecular flexibility index (Phi) is 2.69. The molecule has 1 aliphatic carbocycles. The summed E-state index contributed by atoms with van der Waals surface area (Å²) in [5.41, 5.74) is 1.49. The van der Waals surface area contributed by atoms with Crippen molar-refractivity contribution in [3.8, 4) is 0 Å². The van der Waals surface area contributed by atoms with Gasteiger partial charge in [0, 0.05) is 22.6 Å². The van der Waals surface area contributed by atoms with Crippen molar-refractivity contribution in [3.63, 3.8) is 0 Å². The highest BCUT2D eigenvalue weighted by Gasteiger charge is 2.23. The van der Waals surface area contributed by atoms with Gasteiger partial charge < -0.3 is 0 Å². The molecule has 15 heavy (non-hydrogen) atoms. The second-order valence-electron chi connectivity index (χ2n) is 3.35. The Morgan fingerprint density at radius 3 is 2.40 bits per heavy atom. The molecule has 0 atom stereocenters. The Morgan fingerprint density at radius 2 is 1.73 bits per heavy atom. The minimum Gasteiger partial charge on any atom is -0.289 e. The summed E-state index contributed by atoms with van der Waals surface area (Å²) in [6.07, 6.45) is 1.84. The molecular weight excluding hydrogens is 212 g/mol. The average Bonchev–Trinajstić information content (AvgIpc) is 2.26. The molecule has 1 aromatic rings. The van der Waals surface area contributed by atoms with Gasteiger partial charge in [0.1, 0.15) is 0 Å². The fourth-order valence-corrected chi connectivity index (χ4v) is 1.86. The third-order valence-electron chi connectivity index (χ3n) is 2.40. The van der Waals surface area contributed by atoms with Crippen molar-refractivity contribution in [3.05, 3.63) is 47.0 Å². The molecule has 0 heterocycles. The summed E-state index contributed by atoms with van der Waals surface area (Å²) in [5.74, 6) is 0.170. The van der Waals surface area contributed by atoms with Crippen LogP contribution in [0.15, 0.2) is 35.9 Å². The maximum atomic E-state index is 11.9. The normalized spacial score (nSPS) is 14.9. The number of alkyl halides is 1. The number of hydrogen-bond acceptors (Lipinski definition) is 2. The highest BCUT2D eigenvalue weighted by molar-refractivity contribution is 6.25. The van der Waals surface area contributed by atoms with E-state index in [1.807, 2.05) is 0 Å². The predicted octanol–water partition coefficient (Wildman–Crippen LogP) is 2.62. The molecule has 76 valence electrons. The zero-order chi connectivity index (χ0) is 10.8. The molecule has 0 amide bonds. The van der Waals surface area contributed by atoms with E-state index in [1.54, 1.807) is 24.3 Å². The average molecular weight is 221 g/mol. The number of halogens is 1. The lowest BCUT2D eigenvalue weighted by Gasteiger charge is -2.13. The number of benzene rings is 1. The van der Waals surface area contributed by atoms with E-state index >= 15 is 0 Å². The third-order valence-corrected chi connectivity index (χ3v) is 2.59. The molecule has 0 radical (unpaired) electrons. The maximum Gasteiger partial charge on any atom is 0.189 e. The van der Waals surface area contributed by atoms with Crippen molar-refractivity contribution < 1.29 is 9.59 Å². The lowest BCUT2D eigenvalue weighted by Crippen LogP contribution is -2.16. The van der Waals surface area contributed by atoms with Crippen LogP contribution in [0.25, 0.3) is 0 Å². The Hall–Kier alpha value is -1.41. The first-order valence-corrected chi connectivity index (χ1v) is 5.22. The van der Waals surface area contributed by atoms with Crippen LogP contribution in [-0.2, 0) is 0 Å². The van der Waals surface area contributed by atoms with Crippen molar-refractivity contribution in [2.75, 3.05) is 5.88 Å². The number of fused-ring (bicyclic) bond motifs is 1. The first-order chi connectivity index (χ1) is 7.24. The molecule has 0 aromatic heterocycles. The SMILES string of the molecule is O=C1C=C(CCCl)C(=O)c2ccccc21. The number of carbonyl (C=O) groups excluding carboxylic acids is 2. The van der Waals surface area contributed by atoms with Crippen molar-refractivity contribution in [2.45, 2.75) is 6.42 Å². The van der Waals surface area contributed by atoms with E-state index in [9.17, 15) is 9.59 Å². The van der Waals surface area contributed by atoms with Gasteiger partial charge in [-0.3, -0.25) is 9.59 Å². The van der Waals surface area contributed by atoms with Gasteiger partial charge in [0.05, 0.1) is 0 Å². The Labute approximate surface area is 92.6 Å². The molecule has 0 unspecified atom stereocenters. The highest BCUT2D eigenvalue weighted by Crippen LogP contribution is 2.22. The zero-order valence-electron chi connectivity index (χ0n) is 8.00. The van der Waals surface area contributed by atoms with Gasteiger partial charge in [-0.15, -0.1) is 11.6 Å². The van der Waals surface area contributed by atoms with Crippen LogP contribution in [0.5, 0.6) is 0 Å². The van der Waals surface area contributed by atoms with Gasteiger partial charge in [-0.2, -0.15) is 0 Å². The first kappa shape index (κ1) is 10.1. The van der Waals surface area contributed by atoms with E-state index in [4.69, 9.17) is 11.6 Å². The third kappa shape index (κ3) is 1.73. The minimum atomic E-state index is -0.106. The molecular formula is C12H9ClO2. The summed E-state index contributed by atoms with van der Waals surface area (Å²) in [5, 5.41) is 0. The van der Waals surface area contributed by atoms with Gasteiger partial charge in [-0.25, -0.2) is 0 Å². The van der Waals surface area contributed by atoms with Gasteiger partial charge in [0.2, 0.25) is 0 Å². The molecule has 0 saturated heterocycles. The van der Waals surface area contributed by atoms with Crippen LogP contribution in [0.1, 0.15) is 27.1 Å². The zero-order valence-corrected chi connectivity index (χ0v) is 8.75. The summed E-state index contributed by atoms with van der Waals surface area (Å²) in [4.78, 5) is 23.5. The smallest absolute Gasteiger partial charge is 0.189 e. The predicted molar refractivity (Wildman–Crippen MR) is 58.5 cm³/mol. The monoisotopic (exact) mass is 220 g/mol. The van der Waals surface area contributed by atoms with E-state index in [-0.39, 0.29) is 11.6 Å². The second kappa shape index (κ2) is 3.99. The summed E-state index contributed by atoms with van der Waals surface area (Å²) in [7, 11) is 0. The van der Waals surface area contributed by atoms with Crippen molar-refractivity contribution >= 4 is 23.2 Å². The Balaban J connectivity index is 2.49. The fourth-order valence-electron chi connectivity index (χ4n) is 1.66. The topological polar surface area (TPSA) is 34.1 Å². The number of rotatable bonds is 2. The van der Waals surface area contributed by atoms with Crippen molar-refractivity contribution in [1.82, 2.24) is 0 Å². The molecule has 0 N–H and O–H groups in total. The van der Waals surface area contributed by atoms with Crippen molar-refractivity contribution in [2.24, 2.45) is 0 Å². The molecule has 0 aliphatic heterocycles. The highest BCUT2D eigenvalue weighted by atomic mass is 35.5. The van der Waals surface area contributed by atoms with Crippen LogP contribution < -0.4 is 0 Å². The fraction of sp³-hybridized carbons (Fsp3) is 0.167. The van der Waals surface area contributed by atoms with Crippen LogP contribution in [-0.4, -0.2) is 17.4 Å². The van der Waals surface area contributed by atoms with Gasteiger partial charge in [0.15, 0.2) is 11.6 Å². The number of Topliss-reactive ketones (excluding diaryl/α,β-unsaturated/α-hetero) is 1. The molecule has 1 aliphatic rings. The van der Waals surface area contributed by atoms with Gasteiger partial charge in [-0.1, -0.05) is 24.3 Å². The largest absolute Gasteiger partial charge is 0.289 e. The second-order valence-corrected chi connectivity index (χ2v) is 3.73. The first-order valence-electron chi connectivity index (χ1n) is 4.68. The van der Waals surface area contributed by atoms with E-state index in [0.29, 0.717) is 29.0 Å². The summed E-state index contributed by atoms with van der Waals surface area (Å²) in [6.45, 7) is 0. The molecule has 3 heteroatoms. The van der Waals surface area contributed by atoms with Crippen LogP contribution >= 0.6 is 11.6 Å². The Bertz CT molecular complexity index is 460. The van der Waals surface area contributed by atoms with E-state index in [1.165, 1.54) is 6.08 Å². The number of carbonyl (C=O) groups is 2. The van der Waals surface area contributed by atoms with Crippen LogP contribution in [0.2, 0.25) is 0 Å². The minimum absolute atomic E-state index is 0.0779. The molecule has 0 saturated carbocycles. The van der Waals surface area contributed by atoms with E-state index in [2.05, 4.69) is 0 Å². The summed E-state index contributed by atoms with van der Waals surface area (Å²) in [6, 6.07) is 6.86. The van der Waals surface area contributed by atoms with Crippen LogP contribution in [0.3, 0.4) is 0 Å². The number of ketones is 2. The molecule has 0 spiro atoms. The summed E-state index contributed by atoms with van der Waals surface area (Å²) >= 11 is 5.57. The summed E-state index contributed by atoms with van der Waals surface area (Å²) < 4.78 is 0. The number of hydrogen-bond donors (Lipinski definition) is 0. The Morgan fingerprint density at radius 1 is 1.07 bits per heavy atom. The van der Waals surface area contributed by atoms with E-state index < -0.39 is 0 Å². The van der Waals surface area contributed by atoms with Crippen LogP contribution in [0.4, 0.5) is 0 Å². The van der Waals surface area contributed by atoms with Gasteiger partial charge >= 0.3 is 0 Å².